The Morgan fingerprint density at radius 3 is 2.69 bits per heavy atom. The van der Waals surface area contributed by atoms with Crippen LogP contribution in [0.5, 0.6) is 5.75 Å². The van der Waals surface area contributed by atoms with Gasteiger partial charge in [-0.05, 0) is 24.6 Å². The van der Waals surface area contributed by atoms with Gasteiger partial charge in [0.25, 0.3) is 5.79 Å². The SMILES string of the molecule is CCOC(=O)c1cnn(Cc2cccc(OCC(O)(O)C(F)(F)F)c2)c1. The highest BCUT2D eigenvalue weighted by Crippen LogP contribution is 2.29. The molecular weight excluding hydrogens is 357 g/mol. The number of ether oxygens (including phenoxy) is 2. The van der Waals surface area contributed by atoms with Crippen LogP contribution in [0.15, 0.2) is 36.7 Å². The summed E-state index contributed by atoms with van der Waals surface area (Å²) in [6, 6.07) is 6.01. The molecule has 2 aromatic rings. The third-order valence-electron chi connectivity index (χ3n) is 3.28. The molecule has 0 atom stereocenters. The van der Waals surface area contributed by atoms with Crippen molar-refractivity contribution in [3.05, 3.63) is 47.8 Å². The third-order valence-corrected chi connectivity index (χ3v) is 3.28. The lowest BCUT2D eigenvalue weighted by molar-refractivity contribution is -0.355. The number of halogens is 3. The van der Waals surface area contributed by atoms with Gasteiger partial charge in [-0.25, -0.2) is 4.79 Å². The zero-order valence-corrected chi connectivity index (χ0v) is 13.7. The van der Waals surface area contributed by atoms with E-state index >= 15 is 0 Å². The van der Waals surface area contributed by atoms with Crippen LogP contribution >= 0.6 is 0 Å². The van der Waals surface area contributed by atoms with Crippen molar-refractivity contribution in [2.75, 3.05) is 13.2 Å². The maximum absolute atomic E-state index is 12.4. The Kier molecular flexibility index (Phi) is 5.88. The molecular formula is C16H17F3N2O5. The number of hydrogen-bond donors (Lipinski definition) is 2. The van der Waals surface area contributed by atoms with Gasteiger partial charge in [0.15, 0.2) is 6.61 Å². The molecule has 0 spiro atoms. The molecule has 10 heteroatoms. The lowest BCUT2D eigenvalue weighted by Crippen LogP contribution is -2.49. The number of benzene rings is 1. The zero-order valence-electron chi connectivity index (χ0n) is 13.7. The largest absolute Gasteiger partial charge is 0.488 e. The highest BCUT2D eigenvalue weighted by atomic mass is 19.4. The summed E-state index contributed by atoms with van der Waals surface area (Å²) in [5.41, 5.74) is 0.893. The van der Waals surface area contributed by atoms with E-state index < -0.39 is 24.5 Å². The summed E-state index contributed by atoms with van der Waals surface area (Å²) in [4.78, 5) is 11.6. The first-order valence-corrected chi connectivity index (χ1v) is 7.55. The second kappa shape index (κ2) is 7.75. The molecule has 7 nitrogen and oxygen atoms in total. The molecule has 26 heavy (non-hydrogen) atoms. The average molecular weight is 374 g/mol. The van der Waals surface area contributed by atoms with Gasteiger partial charge in [0.2, 0.25) is 0 Å². The second-order valence-corrected chi connectivity index (χ2v) is 5.40. The van der Waals surface area contributed by atoms with Crippen LogP contribution in [0.1, 0.15) is 22.8 Å². The number of nitrogens with zero attached hydrogens (tertiary/aromatic N) is 2. The summed E-state index contributed by atoms with van der Waals surface area (Å²) in [5.74, 6) is -4.43. The molecule has 2 N–H and O–H groups in total. The number of carbonyl (C=O) groups is 1. The molecule has 0 bridgehead atoms. The van der Waals surface area contributed by atoms with Gasteiger partial charge in [-0.15, -0.1) is 0 Å². The van der Waals surface area contributed by atoms with E-state index in [9.17, 15) is 18.0 Å². The van der Waals surface area contributed by atoms with Crippen molar-refractivity contribution in [1.29, 1.82) is 0 Å². The van der Waals surface area contributed by atoms with Gasteiger partial charge in [-0.3, -0.25) is 4.68 Å². The van der Waals surface area contributed by atoms with Crippen LogP contribution in [-0.4, -0.2) is 51.1 Å². The molecule has 2 rings (SSSR count). The quantitative estimate of drug-likeness (QED) is 0.566. The fraction of sp³-hybridized carbons (Fsp3) is 0.375. The number of aromatic nitrogens is 2. The topological polar surface area (TPSA) is 93.8 Å². The molecule has 1 aromatic carbocycles. The number of esters is 1. The van der Waals surface area contributed by atoms with Gasteiger partial charge in [0, 0.05) is 6.20 Å². The van der Waals surface area contributed by atoms with Gasteiger partial charge in [0.05, 0.1) is 24.9 Å². The predicted molar refractivity (Wildman–Crippen MR) is 82.4 cm³/mol. The van der Waals surface area contributed by atoms with Crippen molar-refractivity contribution in [3.63, 3.8) is 0 Å². The Balaban J connectivity index is 2.02. The summed E-state index contributed by atoms with van der Waals surface area (Å²) in [7, 11) is 0. The summed E-state index contributed by atoms with van der Waals surface area (Å²) < 4.78 is 48.3. The highest BCUT2D eigenvalue weighted by Gasteiger charge is 2.53. The van der Waals surface area contributed by atoms with Crippen molar-refractivity contribution in [3.8, 4) is 5.75 Å². The van der Waals surface area contributed by atoms with E-state index in [1.807, 2.05) is 0 Å². The van der Waals surface area contributed by atoms with Gasteiger partial charge >= 0.3 is 12.1 Å². The summed E-state index contributed by atoms with van der Waals surface area (Å²) in [5, 5.41) is 21.9. The minimum absolute atomic E-state index is 0.0250. The van der Waals surface area contributed by atoms with Crippen LogP contribution in [0.4, 0.5) is 13.2 Å². The number of carbonyl (C=O) groups excluding carboxylic acids is 1. The molecule has 0 aliphatic carbocycles. The van der Waals surface area contributed by atoms with Crippen LogP contribution in [0.2, 0.25) is 0 Å². The lowest BCUT2D eigenvalue weighted by atomic mass is 10.2. The van der Waals surface area contributed by atoms with Crippen LogP contribution in [0.3, 0.4) is 0 Å². The minimum atomic E-state index is -5.23. The number of hydrogen-bond acceptors (Lipinski definition) is 6. The van der Waals surface area contributed by atoms with Crippen molar-refractivity contribution in [1.82, 2.24) is 9.78 Å². The molecule has 0 unspecified atom stereocenters. The molecule has 0 amide bonds. The number of aliphatic hydroxyl groups is 2. The summed E-state index contributed by atoms with van der Waals surface area (Å²) in [6.07, 6.45) is -2.42. The van der Waals surface area contributed by atoms with E-state index in [1.54, 1.807) is 13.0 Å². The first kappa shape index (κ1) is 19.7. The number of rotatable bonds is 7. The Labute approximate surface area is 146 Å². The van der Waals surface area contributed by atoms with Crippen LogP contribution < -0.4 is 4.74 Å². The first-order valence-electron chi connectivity index (χ1n) is 7.55. The fourth-order valence-electron chi connectivity index (χ4n) is 1.96. The maximum atomic E-state index is 12.4. The predicted octanol–water partition coefficient (Wildman–Crippen LogP) is 1.73. The maximum Gasteiger partial charge on any atom is 0.446 e. The van der Waals surface area contributed by atoms with E-state index in [4.69, 9.17) is 19.7 Å². The molecule has 0 saturated heterocycles. The lowest BCUT2D eigenvalue weighted by Gasteiger charge is -2.24. The molecule has 0 aliphatic heterocycles. The standard InChI is InChI=1S/C16H17F3N2O5/c1-2-25-14(22)12-7-20-21(9-12)8-11-4-3-5-13(6-11)26-10-15(23,24)16(17,18)19/h3-7,9,23-24H,2,8,10H2,1H3. The monoisotopic (exact) mass is 374 g/mol. The first-order chi connectivity index (χ1) is 12.1. The fourth-order valence-corrected chi connectivity index (χ4v) is 1.96. The molecule has 1 heterocycles. The van der Waals surface area contributed by atoms with Crippen molar-refractivity contribution < 1.29 is 37.7 Å². The Bertz CT molecular complexity index is 758. The van der Waals surface area contributed by atoms with E-state index in [1.165, 1.54) is 35.3 Å². The molecule has 0 fully saturated rings. The molecule has 0 saturated carbocycles. The average Bonchev–Trinajstić information content (AvgIpc) is 3.01. The van der Waals surface area contributed by atoms with E-state index in [0.29, 0.717) is 5.56 Å². The van der Waals surface area contributed by atoms with Gasteiger partial charge in [-0.1, -0.05) is 12.1 Å². The third kappa shape index (κ3) is 4.96. The minimum Gasteiger partial charge on any atom is -0.488 e. The van der Waals surface area contributed by atoms with Crippen molar-refractivity contribution in [2.45, 2.75) is 25.4 Å². The molecule has 0 aliphatic rings. The van der Waals surface area contributed by atoms with Gasteiger partial charge in [0.1, 0.15) is 5.75 Å². The Hall–Kier alpha value is -2.59. The van der Waals surface area contributed by atoms with Gasteiger partial charge in [-0.2, -0.15) is 18.3 Å². The van der Waals surface area contributed by atoms with Gasteiger partial charge < -0.3 is 19.7 Å². The van der Waals surface area contributed by atoms with Crippen LogP contribution in [0.25, 0.3) is 0 Å². The Morgan fingerprint density at radius 2 is 2.04 bits per heavy atom. The second-order valence-electron chi connectivity index (χ2n) is 5.40. The summed E-state index contributed by atoms with van der Waals surface area (Å²) >= 11 is 0. The van der Waals surface area contributed by atoms with Crippen LogP contribution in [-0.2, 0) is 11.3 Å². The zero-order chi connectivity index (χ0) is 19.4. The van der Waals surface area contributed by atoms with Crippen molar-refractivity contribution >= 4 is 5.97 Å². The summed E-state index contributed by atoms with van der Waals surface area (Å²) in [6.45, 7) is 0.770. The van der Waals surface area contributed by atoms with Crippen LogP contribution in [0, 0.1) is 0 Å². The molecule has 0 radical (unpaired) electrons. The van der Waals surface area contributed by atoms with E-state index in [0.717, 1.165) is 0 Å². The highest BCUT2D eigenvalue weighted by molar-refractivity contribution is 5.88. The number of alkyl halides is 3. The normalized spacial score (nSPS) is 12.1. The molecule has 1 aromatic heterocycles. The van der Waals surface area contributed by atoms with E-state index in [2.05, 4.69) is 5.10 Å². The smallest absolute Gasteiger partial charge is 0.446 e. The van der Waals surface area contributed by atoms with E-state index in [-0.39, 0.29) is 24.5 Å². The van der Waals surface area contributed by atoms with Crippen molar-refractivity contribution in [2.24, 2.45) is 0 Å². The molecule has 142 valence electrons. The Morgan fingerprint density at radius 1 is 1.31 bits per heavy atom.